The third-order valence-corrected chi connectivity index (χ3v) is 4.61. The van der Waals surface area contributed by atoms with E-state index in [0.29, 0.717) is 12.0 Å². The first-order valence-corrected chi connectivity index (χ1v) is 7.72. The van der Waals surface area contributed by atoms with Crippen LogP contribution in [0.5, 0.6) is 0 Å². The Hall–Kier alpha value is -1.51. The zero-order valence-corrected chi connectivity index (χ0v) is 12.5. The van der Waals surface area contributed by atoms with Gasteiger partial charge in [-0.15, -0.1) is 0 Å². The number of nitrogens with one attached hydrogen (secondary N) is 2. The molecule has 0 aliphatic carbocycles. The minimum Gasteiger partial charge on any atom is -0.317 e. The molecule has 0 aliphatic rings. The lowest BCUT2D eigenvalue weighted by Gasteiger charge is -2.14. The van der Waals surface area contributed by atoms with Crippen molar-refractivity contribution in [3.05, 3.63) is 33.9 Å². The highest BCUT2D eigenvalue weighted by Gasteiger charge is 2.21. The van der Waals surface area contributed by atoms with Crippen molar-refractivity contribution in [1.82, 2.24) is 10.0 Å². The van der Waals surface area contributed by atoms with E-state index in [2.05, 4.69) is 10.0 Å². The molecule has 8 heteroatoms. The van der Waals surface area contributed by atoms with Crippen molar-refractivity contribution in [2.24, 2.45) is 0 Å². The summed E-state index contributed by atoms with van der Waals surface area (Å²) in [5.41, 5.74) is 0.348. The molecule has 0 fully saturated rings. The predicted molar refractivity (Wildman–Crippen MR) is 76.2 cm³/mol. The van der Waals surface area contributed by atoms with Crippen molar-refractivity contribution in [2.75, 3.05) is 14.1 Å². The number of nitro benzene ring substituents is 1. The molecule has 1 atom stereocenters. The van der Waals surface area contributed by atoms with Crippen molar-refractivity contribution >= 4 is 15.7 Å². The maximum absolute atomic E-state index is 11.7. The van der Waals surface area contributed by atoms with Crippen LogP contribution in [0, 0.1) is 10.1 Å². The van der Waals surface area contributed by atoms with Crippen LogP contribution in [-0.2, 0) is 16.4 Å². The van der Waals surface area contributed by atoms with Crippen LogP contribution in [0.2, 0.25) is 0 Å². The summed E-state index contributed by atoms with van der Waals surface area (Å²) in [6.45, 7) is 1.98. The van der Waals surface area contributed by atoms with E-state index in [1.54, 1.807) is 7.05 Å². The van der Waals surface area contributed by atoms with Gasteiger partial charge >= 0.3 is 0 Å². The Morgan fingerprint density at radius 3 is 2.45 bits per heavy atom. The first-order chi connectivity index (χ1) is 9.35. The third-order valence-electron chi connectivity index (χ3n) is 3.20. The molecule has 0 spiro atoms. The highest BCUT2D eigenvalue weighted by Crippen LogP contribution is 2.24. The quantitative estimate of drug-likeness (QED) is 0.579. The topological polar surface area (TPSA) is 101 Å². The van der Waals surface area contributed by atoms with Gasteiger partial charge < -0.3 is 5.32 Å². The number of nitro groups is 1. The molecule has 1 aromatic rings. The average Bonchev–Trinajstić information content (AvgIpc) is 2.44. The van der Waals surface area contributed by atoms with E-state index in [4.69, 9.17) is 0 Å². The summed E-state index contributed by atoms with van der Waals surface area (Å²) in [6, 6.07) is 4.10. The molecule has 2 N–H and O–H groups in total. The highest BCUT2D eigenvalue weighted by molar-refractivity contribution is 7.89. The zero-order chi connectivity index (χ0) is 15.3. The standard InChI is InChI=1S/C12H19N3O4S/c1-4-10(13-2)7-9-5-6-11(20(18,19)14-3)8-12(9)15(16)17/h5-6,8,10,13-14H,4,7H2,1-3H3. The molecule has 0 saturated carbocycles. The third kappa shape index (κ3) is 3.75. The SMILES string of the molecule is CCC(Cc1ccc(S(=O)(=O)NC)cc1[N+](=O)[O-])NC. The maximum Gasteiger partial charge on any atom is 0.273 e. The van der Waals surface area contributed by atoms with Crippen molar-refractivity contribution in [3.63, 3.8) is 0 Å². The van der Waals surface area contributed by atoms with E-state index in [1.807, 2.05) is 6.92 Å². The van der Waals surface area contributed by atoms with Crippen molar-refractivity contribution in [2.45, 2.75) is 30.7 Å². The lowest BCUT2D eigenvalue weighted by molar-refractivity contribution is -0.385. The summed E-state index contributed by atoms with van der Waals surface area (Å²) in [6.07, 6.45) is 1.30. The maximum atomic E-state index is 11.7. The van der Waals surface area contributed by atoms with Crippen LogP contribution in [0.4, 0.5) is 5.69 Å². The van der Waals surface area contributed by atoms with Gasteiger partial charge in [-0.1, -0.05) is 13.0 Å². The minimum absolute atomic E-state index is 0.104. The fourth-order valence-corrected chi connectivity index (χ4v) is 2.64. The van der Waals surface area contributed by atoms with E-state index in [-0.39, 0.29) is 16.6 Å². The van der Waals surface area contributed by atoms with E-state index < -0.39 is 14.9 Å². The molecular weight excluding hydrogens is 282 g/mol. The number of rotatable bonds is 7. The summed E-state index contributed by atoms with van der Waals surface area (Å²) in [5.74, 6) is 0. The smallest absolute Gasteiger partial charge is 0.273 e. The van der Waals surface area contributed by atoms with Crippen molar-refractivity contribution in [1.29, 1.82) is 0 Å². The molecule has 112 valence electrons. The Bertz CT molecular complexity index is 582. The second-order valence-corrected chi connectivity index (χ2v) is 6.24. The van der Waals surface area contributed by atoms with Gasteiger partial charge in [0.15, 0.2) is 0 Å². The molecule has 0 aliphatic heterocycles. The molecule has 0 saturated heterocycles. The molecule has 0 radical (unpaired) electrons. The van der Waals surface area contributed by atoms with Gasteiger partial charge in [0.1, 0.15) is 0 Å². The van der Waals surface area contributed by atoms with Gasteiger partial charge in [0.2, 0.25) is 10.0 Å². The number of benzene rings is 1. The monoisotopic (exact) mass is 301 g/mol. The molecule has 0 amide bonds. The Morgan fingerprint density at radius 1 is 1.35 bits per heavy atom. The van der Waals surface area contributed by atoms with Crippen LogP contribution in [0.3, 0.4) is 0 Å². The fraction of sp³-hybridized carbons (Fsp3) is 0.500. The Kier molecular flexibility index (Phi) is 5.61. The molecule has 1 aromatic carbocycles. The van der Waals surface area contributed by atoms with Crippen molar-refractivity contribution < 1.29 is 13.3 Å². The second-order valence-electron chi connectivity index (χ2n) is 4.35. The van der Waals surface area contributed by atoms with Gasteiger partial charge in [-0.05, 0) is 33.0 Å². The van der Waals surface area contributed by atoms with Gasteiger partial charge in [-0.3, -0.25) is 10.1 Å². The van der Waals surface area contributed by atoms with Crippen LogP contribution in [-0.4, -0.2) is 33.5 Å². The molecule has 0 heterocycles. The van der Waals surface area contributed by atoms with Crippen LogP contribution >= 0.6 is 0 Å². The predicted octanol–water partition coefficient (Wildman–Crippen LogP) is 1.04. The molecule has 1 unspecified atom stereocenters. The molecule has 0 aromatic heterocycles. The van der Waals surface area contributed by atoms with Gasteiger partial charge in [0, 0.05) is 17.7 Å². The van der Waals surface area contributed by atoms with E-state index in [0.717, 1.165) is 12.5 Å². The summed E-state index contributed by atoms with van der Waals surface area (Å²) < 4.78 is 25.5. The Balaban J connectivity index is 3.25. The highest BCUT2D eigenvalue weighted by atomic mass is 32.2. The summed E-state index contributed by atoms with van der Waals surface area (Å²) in [7, 11) is -0.622. The molecular formula is C12H19N3O4S. The summed E-state index contributed by atoms with van der Waals surface area (Å²) in [4.78, 5) is 10.5. The van der Waals surface area contributed by atoms with Crippen molar-refractivity contribution in [3.8, 4) is 0 Å². The van der Waals surface area contributed by atoms with E-state index in [1.165, 1.54) is 19.2 Å². The molecule has 20 heavy (non-hydrogen) atoms. The number of nitrogens with zero attached hydrogens (tertiary/aromatic N) is 1. The van der Waals surface area contributed by atoms with Crippen LogP contribution in [0.15, 0.2) is 23.1 Å². The number of sulfonamides is 1. The Morgan fingerprint density at radius 2 is 2.00 bits per heavy atom. The molecule has 7 nitrogen and oxygen atoms in total. The van der Waals surface area contributed by atoms with Gasteiger partial charge in [-0.25, -0.2) is 13.1 Å². The zero-order valence-electron chi connectivity index (χ0n) is 11.7. The van der Waals surface area contributed by atoms with E-state index in [9.17, 15) is 18.5 Å². The Labute approximate surface area is 118 Å². The number of likely N-dealkylation sites (N-methyl/N-ethyl adjacent to an activating group) is 1. The normalized spacial score (nSPS) is 13.2. The summed E-state index contributed by atoms with van der Waals surface area (Å²) in [5, 5.41) is 14.2. The fourth-order valence-electron chi connectivity index (χ4n) is 1.89. The molecule has 1 rings (SSSR count). The average molecular weight is 301 g/mol. The number of hydrogen-bond donors (Lipinski definition) is 2. The van der Waals surface area contributed by atoms with Crippen LogP contribution < -0.4 is 10.0 Å². The van der Waals surface area contributed by atoms with Gasteiger partial charge in [-0.2, -0.15) is 0 Å². The second kappa shape index (κ2) is 6.78. The largest absolute Gasteiger partial charge is 0.317 e. The van der Waals surface area contributed by atoms with Crippen LogP contribution in [0.25, 0.3) is 0 Å². The number of hydrogen-bond acceptors (Lipinski definition) is 5. The first-order valence-electron chi connectivity index (χ1n) is 6.23. The summed E-state index contributed by atoms with van der Waals surface area (Å²) >= 11 is 0. The van der Waals surface area contributed by atoms with Gasteiger partial charge in [0.05, 0.1) is 9.82 Å². The molecule has 0 bridgehead atoms. The van der Waals surface area contributed by atoms with Crippen LogP contribution in [0.1, 0.15) is 18.9 Å². The van der Waals surface area contributed by atoms with Gasteiger partial charge in [0.25, 0.3) is 5.69 Å². The lowest BCUT2D eigenvalue weighted by atomic mass is 10.0. The lowest BCUT2D eigenvalue weighted by Crippen LogP contribution is -2.27. The first kappa shape index (κ1) is 16.5. The van der Waals surface area contributed by atoms with E-state index >= 15 is 0 Å². The minimum atomic E-state index is -3.68.